The molecule has 4 amide bonds. The van der Waals surface area contributed by atoms with Gasteiger partial charge in [-0.05, 0) is 24.3 Å². The van der Waals surface area contributed by atoms with E-state index in [9.17, 15) is 27.6 Å². The van der Waals surface area contributed by atoms with E-state index in [0.29, 0.717) is 16.3 Å². The van der Waals surface area contributed by atoms with E-state index in [4.69, 9.17) is 4.74 Å². The lowest BCUT2D eigenvalue weighted by Gasteiger charge is -2.14. The number of imide groups is 1. The van der Waals surface area contributed by atoms with E-state index >= 15 is 0 Å². The molecule has 0 saturated heterocycles. The predicted molar refractivity (Wildman–Crippen MR) is 85.8 cm³/mol. The van der Waals surface area contributed by atoms with Crippen molar-refractivity contribution in [3.05, 3.63) is 24.3 Å². The van der Waals surface area contributed by atoms with Crippen molar-refractivity contribution in [3.63, 3.8) is 0 Å². The second kappa shape index (κ2) is 9.61. The molecule has 0 aliphatic heterocycles. The highest BCUT2D eigenvalue weighted by Crippen LogP contribution is 2.14. The zero-order valence-electron chi connectivity index (χ0n) is 14.2. The van der Waals surface area contributed by atoms with Crippen LogP contribution in [0.15, 0.2) is 24.3 Å². The summed E-state index contributed by atoms with van der Waals surface area (Å²) < 4.78 is 40.8. The van der Waals surface area contributed by atoms with Crippen molar-refractivity contribution in [2.24, 2.45) is 0 Å². The van der Waals surface area contributed by atoms with Gasteiger partial charge in [0, 0.05) is 5.69 Å². The molecule has 0 radical (unpaired) electrons. The van der Waals surface area contributed by atoms with Crippen LogP contribution in [0.4, 0.5) is 23.7 Å². The van der Waals surface area contributed by atoms with Crippen LogP contribution in [0, 0.1) is 0 Å². The Labute approximate surface area is 147 Å². The lowest BCUT2D eigenvalue weighted by Crippen LogP contribution is -3.11. The second-order valence-corrected chi connectivity index (χ2v) is 5.43. The fraction of sp³-hybridized carbons (Fsp3) is 0.400. The zero-order chi connectivity index (χ0) is 19.7. The van der Waals surface area contributed by atoms with Crippen molar-refractivity contribution in [1.29, 1.82) is 0 Å². The molecule has 144 valence electrons. The van der Waals surface area contributed by atoms with Gasteiger partial charge < -0.3 is 20.3 Å². The number of rotatable bonds is 7. The summed E-state index contributed by atoms with van der Waals surface area (Å²) in [5.41, 5.74) is 0.541. The first-order valence-corrected chi connectivity index (χ1v) is 7.48. The fourth-order valence-electron chi connectivity index (χ4n) is 1.89. The molecule has 0 heterocycles. The van der Waals surface area contributed by atoms with Gasteiger partial charge in [-0.3, -0.25) is 14.9 Å². The molecule has 1 aromatic carbocycles. The maximum atomic E-state index is 11.9. The minimum Gasteiger partial charge on any atom is -0.497 e. The van der Waals surface area contributed by atoms with Gasteiger partial charge in [0.25, 0.3) is 11.8 Å². The van der Waals surface area contributed by atoms with Crippen molar-refractivity contribution in [3.8, 4) is 5.75 Å². The van der Waals surface area contributed by atoms with Crippen LogP contribution < -0.4 is 25.6 Å². The Bertz CT molecular complexity index is 635. The Morgan fingerprint density at radius 3 is 2.19 bits per heavy atom. The normalized spacial score (nSPS) is 12.0. The summed E-state index contributed by atoms with van der Waals surface area (Å²) in [5.74, 6) is -0.548. The molecule has 11 heteroatoms. The maximum Gasteiger partial charge on any atom is 0.405 e. The van der Waals surface area contributed by atoms with Crippen LogP contribution in [0.1, 0.15) is 0 Å². The highest BCUT2D eigenvalue weighted by molar-refractivity contribution is 5.95. The van der Waals surface area contributed by atoms with Gasteiger partial charge in [-0.15, -0.1) is 0 Å². The summed E-state index contributed by atoms with van der Waals surface area (Å²) in [4.78, 5) is 35.1. The number of quaternary nitrogens is 1. The molecule has 1 rings (SSSR count). The summed E-state index contributed by atoms with van der Waals surface area (Å²) in [6.45, 7) is -1.89. The first-order valence-electron chi connectivity index (χ1n) is 7.48. The Morgan fingerprint density at radius 1 is 1.08 bits per heavy atom. The standard InChI is InChI=1S/C15H19F3N4O4/c1-22(8-13(24)21-14(25)19-9-15(16,17)18)7-12(23)20-10-3-5-11(26-2)6-4-10/h3-6H,7-9H2,1-2H3,(H,20,23)(H2,19,21,24,25)/p+1. The molecule has 1 atom stereocenters. The molecular weight excluding hydrogens is 357 g/mol. The summed E-state index contributed by atoms with van der Waals surface area (Å²) >= 11 is 0. The number of benzene rings is 1. The van der Waals surface area contributed by atoms with E-state index in [1.165, 1.54) is 19.5 Å². The van der Waals surface area contributed by atoms with Crippen molar-refractivity contribution in [1.82, 2.24) is 10.6 Å². The molecule has 4 N–H and O–H groups in total. The maximum absolute atomic E-state index is 11.9. The van der Waals surface area contributed by atoms with E-state index in [1.54, 1.807) is 29.6 Å². The Kier molecular flexibility index (Phi) is 7.84. The van der Waals surface area contributed by atoms with Crippen molar-refractivity contribution >= 4 is 23.5 Å². The minimum absolute atomic E-state index is 0.0797. The highest BCUT2D eigenvalue weighted by atomic mass is 19.4. The number of likely N-dealkylation sites (N-methyl/N-ethyl adjacent to an activating group) is 1. The van der Waals surface area contributed by atoms with E-state index in [-0.39, 0.29) is 19.0 Å². The Balaban J connectivity index is 2.35. The summed E-state index contributed by atoms with van der Waals surface area (Å²) in [6.07, 6.45) is -4.57. The van der Waals surface area contributed by atoms with Crippen LogP contribution in [0.2, 0.25) is 0 Å². The molecule has 26 heavy (non-hydrogen) atoms. The number of urea groups is 1. The van der Waals surface area contributed by atoms with Gasteiger partial charge in [-0.1, -0.05) is 0 Å². The van der Waals surface area contributed by atoms with Crippen molar-refractivity contribution in [2.45, 2.75) is 6.18 Å². The number of ether oxygens (including phenoxy) is 1. The van der Waals surface area contributed by atoms with Crippen LogP contribution in [0.3, 0.4) is 0 Å². The molecule has 8 nitrogen and oxygen atoms in total. The van der Waals surface area contributed by atoms with Gasteiger partial charge in [0.2, 0.25) is 0 Å². The van der Waals surface area contributed by atoms with Gasteiger partial charge in [-0.25, -0.2) is 4.79 Å². The number of methoxy groups -OCH3 is 1. The molecule has 0 spiro atoms. The van der Waals surface area contributed by atoms with Crippen LogP contribution in [-0.4, -0.2) is 57.8 Å². The topological polar surface area (TPSA) is 101 Å². The lowest BCUT2D eigenvalue weighted by molar-refractivity contribution is -0.862. The molecule has 0 saturated carbocycles. The third-order valence-electron chi connectivity index (χ3n) is 3.00. The molecule has 0 bridgehead atoms. The van der Waals surface area contributed by atoms with Gasteiger partial charge in [-0.2, -0.15) is 13.2 Å². The third kappa shape index (κ3) is 8.87. The average Bonchev–Trinajstić information content (AvgIpc) is 2.52. The van der Waals surface area contributed by atoms with E-state index in [0.717, 1.165) is 0 Å². The monoisotopic (exact) mass is 377 g/mol. The van der Waals surface area contributed by atoms with E-state index < -0.39 is 24.7 Å². The predicted octanol–water partition coefficient (Wildman–Crippen LogP) is -0.463. The number of anilines is 1. The van der Waals surface area contributed by atoms with Crippen LogP contribution in [0.25, 0.3) is 0 Å². The van der Waals surface area contributed by atoms with E-state index in [1.807, 2.05) is 0 Å². The number of amides is 4. The molecule has 0 aliphatic carbocycles. The lowest BCUT2D eigenvalue weighted by atomic mass is 10.3. The fourth-order valence-corrected chi connectivity index (χ4v) is 1.89. The SMILES string of the molecule is COc1ccc(NC(=O)C[NH+](C)CC(=O)NC(=O)NCC(F)(F)F)cc1. The number of hydrogen-bond acceptors (Lipinski definition) is 4. The number of carbonyl (C=O) groups is 3. The molecule has 1 aromatic rings. The molecule has 0 aromatic heterocycles. The van der Waals surface area contributed by atoms with Gasteiger partial charge >= 0.3 is 12.2 Å². The number of hydrogen-bond donors (Lipinski definition) is 4. The van der Waals surface area contributed by atoms with Crippen LogP contribution >= 0.6 is 0 Å². The Hall–Kier alpha value is -2.82. The highest BCUT2D eigenvalue weighted by Gasteiger charge is 2.28. The minimum atomic E-state index is -4.57. The number of halogens is 3. The van der Waals surface area contributed by atoms with Gasteiger partial charge in [0.05, 0.1) is 14.2 Å². The first-order chi connectivity index (χ1) is 12.1. The van der Waals surface area contributed by atoms with Gasteiger partial charge in [0.15, 0.2) is 13.1 Å². The van der Waals surface area contributed by atoms with Crippen LogP contribution in [0.5, 0.6) is 5.75 Å². The summed E-state index contributed by atoms with van der Waals surface area (Å²) in [5, 5.41) is 5.90. The average molecular weight is 377 g/mol. The summed E-state index contributed by atoms with van der Waals surface area (Å²) in [7, 11) is 3.04. The second-order valence-electron chi connectivity index (χ2n) is 5.43. The Morgan fingerprint density at radius 2 is 1.65 bits per heavy atom. The van der Waals surface area contributed by atoms with Gasteiger partial charge in [0.1, 0.15) is 12.3 Å². The third-order valence-corrected chi connectivity index (χ3v) is 3.00. The molecule has 0 aliphatic rings. The molecule has 1 unspecified atom stereocenters. The van der Waals surface area contributed by atoms with E-state index in [2.05, 4.69) is 5.32 Å². The van der Waals surface area contributed by atoms with Crippen molar-refractivity contribution in [2.75, 3.05) is 39.1 Å². The largest absolute Gasteiger partial charge is 0.497 e. The molecular formula is C15H20F3N4O4+. The zero-order valence-corrected chi connectivity index (χ0v) is 14.2. The summed E-state index contributed by atoms with van der Waals surface area (Å²) in [6, 6.07) is 5.37. The molecule has 0 fully saturated rings. The quantitative estimate of drug-likeness (QED) is 0.516. The number of nitrogens with one attached hydrogen (secondary N) is 4. The number of carbonyl (C=O) groups excluding carboxylic acids is 3. The first kappa shape index (κ1) is 21.2. The number of alkyl halides is 3. The van der Waals surface area contributed by atoms with Crippen LogP contribution in [-0.2, 0) is 9.59 Å². The van der Waals surface area contributed by atoms with Crippen molar-refractivity contribution < 1.29 is 37.2 Å². The smallest absolute Gasteiger partial charge is 0.405 e.